The lowest BCUT2D eigenvalue weighted by Gasteiger charge is -2.27. The van der Waals surface area contributed by atoms with Crippen LogP contribution in [0.4, 0.5) is 4.79 Å². The van der Waals surface area contributed by atoms with Crippen molar-refractivity contribution < 1.29 is 14.7 Å². The summed E-state index contributed by atoms with van der Waals surface area (Å²) >= 11 is 0. The first kappa shape index (κ1) is 16.7. The smallest absolute Gasteiger partial charge is 0.315 e. The number of urea groups is 1. The van der Waals surface area contributed by atoms with E-state index in [1.807, 2.05) is 0 Å². The zero-order valence-electron chi connectivity index (χ0n) is 12.3. The van der Waals surface area contributed by atoms with Crippen molar-refractivity contribution in [1.82, 2.24) is 20.9 Å². The van der Waals surface area contributed by atoms with Crippen molar-refractivity contribution in [3.63, 3.8) is 0 Å². The standard InChI is InChI=1S/C13H26N4O3/c1-10(12(18)19)11(2)16-13(20)15-4-3-7-17-8-5-14-6-9-17/h10-11,14H,3-9H2,1-2H3,(H,18,19)(H2,15,16,20). The number of carbonyl (C=O) groups is 2. The van der Waals surface area contributed by atoms with Crippen LogP contribution < -0.4 is 16.0 Å². The summed E-state index contributed by atoms with van der Waals surface area (Å²) in [5.74, 6) is -1.50. The van der Waals surface area contributed by atoms with Gasteiger partial charge >= 0.3 is 12.0 Å². The Labute approximate surface area is 120 Å². The molecule has 0 aromatic rings. The molecule has 0 saturated carbocycles. The molecule has 116 valence electrons. The molecule has 0 bridgehead atoms. The predicted molar refractivity (Wildman–Crippen MR) is 76.7 cm³/mol. The summed E-state index contributed by atoms with van der Waals surface area (Å²) in [6.45, 7) is 9.01. The van der Waals surface area contributed by atoms with Gasteiger partial charge in [-0.2, -0.15) is 0 Å². The average molecular weight is 286 g/mol. The largest absolute Gasteiger partial charge is 0.481 e. The van der Waals surface area contributed by atoms with Gasteiger partial charge in [0, 0.05) is 38.8 Å². The van der Waals surface area contributed by atoms with E-state index >= 15 is 0 Å². The number of nitrogens with one attached hydrogen (secondary N) is 3. The van der Waals surface area contributed by atoms with Gasteiger partial charge in [0.15, 0.2) is 0 Å². The Morgan fingerprint density at radius 1 is 1.30 bits per heavy atom. The zero-order valence-corrected chi connectivity index (χ0v) is 12.3. The lowest BCUT2D eigenvalue weighted by molar-refractivity contribution is -0.141. The Balaban J connectivity index is 2.09. The molecule has 20 heavy (non-hydrogen) atoms. The molecule has 1 aliphatic rings. The van der Waals surface area contributed by atoms with Gasteiger partial charge in [-0.25, -0.2) is 4.79 Å². The van der Waals surface area contributed by atoms with Crippen LogP contribution in [-0.4, -0.2) is 67.3 Å². The van der Waals surface area contributed by atoms with E-state index in [1.165, 1.54) is 0 Å². The number of piperazine rings is 1. The van der Waals surface area contributed by atoms with E-state index in [-0.39, 0.29) is 12.1 Å². The summed E-state index contributed by atoms with van der Waals surface area (Å²) in [5.41, 5.74) is 0. The Hall–Kier alpha value is -1.34. The number of nitrogens with zero attached hydrogens (tertiary/aromatic N) is 1. The van der Waals surface area contributed by atoms with Gasteiger partial charge < -0.3 is 26.0 Å². The van der Waals surface area contributed by atoms with Crippen molar-refractivity contribution in [2.75, 3.05) is 39.3 Å². The highest BCUT2D eigenvalue weighted by Gasteiger charge is 2.20. The van der Waals surface area contributed by atoms with Crippen LogP contribution in [0, 0.1) is 5.92 Å². The van der Waals surface area contributed by atoms with Gasteiger partial charge in [0.1, 0.15) is 0 Å². The molecule has 1 aliphatic heterocycles. The van der Waals surface area contributed by atoms with Crippen molar-refractivity contribution >= 4 is 12.0 Å². The van der Waals surface area contributed by atoms with Gasteiger partial charge in [-0.05, 0) is 26.8 Å². The molecule has 2 amide bonds. The molecule has 7 heteroatoms. The third kappa shape index (κ3) is 6.21. The molecule has 0 aromatic carbocycles. The van der Waals surface area contributed by atoms with E-state index in [0.29, 0.717) is 6.54 Å². The van der Waals surface area contributed by atoms with Gasteiger partial charge in [-0.15, -0.1) is 0 Å². The van der Waals surface area contributed by atoms with E-state index < -0.39 is 11.9 Å². The van der Waals surface area contributed by atoms with Gasteiger partial charge in [0.25, 0.3) is 0 Å². The number of aliphatic carboxylic acids is 1. The van der Waals surface area contributed by atoms with Crippen LogP contribution in [-0.2, 0) is 4.79 Å². The molecular weight excluding hydrogens is 260 g/mol. The summed E-state index contributed by atoms with van der Waals surface area (Å²) in [5, 5.41) is 17.5. The molecule has 1 heterocycles. The molecule has 0 aromatic heterocycles. The van der Waals surface area contributed by atoms with Crippen molar-refractivity contribution in [3.05, 3.63) is 0 Å². The minimum absolute atomic E-state index is 0.300. The average Bonchev–Trinajstić information content (AvgIpc) is 2.43. The normalized spacial score (nSPS) is 19.1. The second kappa shape index (κ2) is 8.76. The summed E-state index contributed by atoms with van der Waals surface area (Å²) in [7, 11) is 0. The highest BCUT2D eigenvalue weighted by Crippen LogP contribution is 2.01. The molecule has 1 fully saturated rings. The minimum atomic E-state index is -0.906. The molecule has 2 unspecified atom stereocenters. The monoisotopic (exact) mass is 286 g/mol. The van der Waals surface area contributed by atoms with Gasteiger partial charge in [-0.1, -0.05) is 0 Å². The predicted octanol–water partition coefficient (Wildman–Crippen LogP) is -0.310. The lowest BCUT2D eigenvalue weighted by atomic mass is 10.0. The van der Waals surface area contributed by atoms with Crippen molar-refractivity contribution in [3.8, 4) is 0 Å². The maximum absolute atomic E-state index is 11.6. The van der Waals surface area contributed by atoms with E-state index in [4.69, 9.17) is 5.11 Å². The fourth-order valence-corrected chi connectivity index (χ4v) is 2.04. The summed E-state index contributed by atoms with van der Waals surface area (Å²) < 4.78 is 0. The molecule has 0 spiro atoms. The molecule has 4 N–H and O–H groups in total. The SMILES string of the molecule is CC(NC(=O)NCCCN1CCNCC1)C(C)C(=O)O. The van der Waals surface area contributed by atoms with Crippen molar-refractivity contribution in [2.24, 2.45) is 5.92 Å². The molecule has 0 aliphatic carbocycles. The fourth-order valence-electron chi connectivity index (χ4n) is 2.04. The molecule has 0 radical (unpaired) electrons. The quantitative estimate of drug-likeness (QED) is 0.482. The molecule has 1 rings (SSSR count). The van der Waals surface area contributed by atoms with Gasteiger partial charge in [-0.3, -0.25) is 4.79 Å². The van der Waals surface area contributed by atoms with Crippen LogP contribution in [0.1, 0.15) is 20.3 Å². The Kier molecular flexibility index (Phi) is 7.32. The van der Waals surface area contributed by atoms with Crippen LogP contribution in [0.2, 0.25) is 0 Å². The highest BCUT2D eigenvalue weighted by molar-refractivity contribution is 5.76. The summed E-state index contributed by atoms with van der Waals surface area (Å²) in [6.07, 6.45) is 0.899. The Bertz CT molecular complexity index is 319. The first-order chi connectivity index (χ1) is 9.50. The maximum Gasteiger partial charge on any atom is 0.315 e. The molecule has 2 atom stereocenters. The molecular formula is C13H26N4O3. The summed E-state index contributed by atoms with van der Waals surface area (Å²) in [6, 6.07) is -0.688. The number of hydrogen-bond acceptors (Lipinski definition) is 4. The first-order valence-electron chi connectivity index (χ1n) is 7.21. The Morgan fingerprint density at radius 3 is 2.55 bits per heavy atom. The lowest BCUT2D eigenvalue weighted by Crippen LogP contribution is -2.46. The third-order valence-electron chi connectivity index (χ3n) is 3.64. The number of carboxylic acids is 1. The topological polar surface area (TPSA) is 93.7 Å². The van der Waals surface area contributed by atoms with Crippen LogP contribution in [0.5, 0.6) is 0 Å². The molecule has 1 saturated heterocycles. The van der Waals surface area contributed by atoms with Crippen molar-refractivity contribution in [2.45, 2.75) is 26.3 Å². The first-order valence-corrected chi connectivity index (χ1v) is 7.21. The number of amides is 2. The van der Waals surface area contributed by atoms with Gasteiger partial charge in [0.05, 0.1) is 5.92 Å². The second-order valence-corrected chi connectivity index (χ2v) is 5.26. The van der Waals surface area contributed by atoms with E-state index in [2.05, 4.69) is 20.9 Å². The molecule has 7 nitrogen and oxygen atoms in total. The van der Waals surface area contributed by atoms with Crippen LogP contribution >= 0.6 is 0 Å². The van der Waals surface area contributed by atoms with Crippen LogP contribution in [0.3, 0.4) is 0 Å². The minimum Gasteiger partial charge on any atom is -0.481 e. The Morgan fingerprint density at radius 2 is 1.95 bits per heavy atom. The zero-order chi connectivity index (χ0) is 15.0. The maximum atomic E-state index is 11.6. The third-order valence-corrected chi connectivity index (χ3v) is 3.64. The number of rotatable bonds is 7. The number of carboxylic acid groups (broad SMARTS) is 1. The van der Waals surface area contributed by atoms with E-state index in [1.54, 1.807) is 13.8 Å². The second-order valence-electron chi connectivity index (χ2n) is 5.26. The van der Waals surface area contributed by atoms with Crippen LogP contribution in [0.15, 0.2) is 0 Å². The van der Waals surface area contributed by atoms with Crippen molar-refractivity contribution in [1.29, 1.82) is 0 Å². The number of hydrogen-bond donors (Lipinski definition) is 4. The van der Waals surface area contributed by atoms with Crippen LogP contribution in [0.25, 0.3) is 0 Å². The van der Waals surface area contributed by atoms with Gasteiger partial charge in [0.2, 0.25) is 0 Å². The van der Waals surface area contributed by atoms with E-state index in [0.717, 1.165) is 39.1 Å². The summed E-state index contributed by atoms with van der Waals surface area (Å²) in [4.78, 5) is 24.7. The fraction of sp³-hybridized carbons (Fsp3) is 0.846. The number of carbonyl (C=O) groups excluding carboxylic acids is 1. The highest BCUT2D eigenvalue weighted by atomic mass is 16.4. The van der Waals surface area contributed by atoms with E-state index in [9.17, 15) is 9.59 Å².